The van der Waals surface area contributed by atoms with E-state index in [4.69, 9.17) is 10.7 Å². The first kappa shape index (κ1) is 23.0. The topological polar surface area (TPSA) is 151 Å². The number of nitrogens with zero attached hydrogens (tertiary/aromatic N) is 7. The maximum atomic E-state index is 13.0. The van der Waals surface area contributed by atoms with Gasteiger partial charge in [-0.1, -0.05) is 6.07 Å². The van der Waals surface area contributed by atoms with Gasteiger partial charge in [0, 0.05) is 35.3 Å². The van der Waals surface area contributed by atoms with E-state index >= 15 is 0 Å². The molecule has 2 aliphatic rings. The number of carbonyl (C=O) groups is 1. The number of piperidine rings is 1. The summed E-state index contributed by atoms with van der Waals surface area (Å²) >= 11 is 3.68. The van der Waals surface area contributed by atoms with Gasteiger partial charge in [-0.2, -0.15) is 9.61 Å². The quantitative estimate of drug-likeness (QED) is 0.350. The number of aromatic nitrogens is 7. The maximum Gasteiger partial charge on any atom is 0.294 e. The van der Waals surface area contributed by atoms with Crippen molar-refractivity contribution in [2.75, 3.05) is 5.73 Å². The summed E-state index contributed by atoms with van der Waals surface area (Å²) in [5.74, 6) is 0.709. The molecule has 6 rings (SSSR count). The van der Waals surface area contributed by atoms with Crippen molar-refractivity contribution in [2.24, 2.45) is 0 Å². The zero-order chi connectivity index (χ0) is 25.2. The van der Waals surface area contributed by atoms with Crippen LogP contribution in [0, 0.1) is 0 Å². The molecule has 0 aromatic carbocycles. The molecule has 4 aromatic rings. The normalized spacial score (nSPS) is 21.9. The lowest BCUT2D eigenvalue weighted by Gasteiger charge is -2.38. The third-order valence-corrected chi connectivity index (χ3v) is 8.12. The summed E-state index contributed by atoms with van der Waals surface area (Å²) in [6.45, 7) is 3.40. The van der Waals surface area contributed by atoms with E-state index in [9.17, 15) is 9.90 Å². The van der Waals surface area contributed by atoms with Gasteiger partial charge in [0.05, 0.1) is 22.1 Å². The van der Waals surface area contributed by atoms with Crippen LogP contribution >= 0.6 is 15.9 Å². The highest BCUT2D eigenvalue weighted by molar-refractivity contribution is 9.10. The molecule has 0 spiro atoms. The lowest BCUT2D eigenvalue weighted by atomic mass is 9.87. The Morgan fingerprint density at radius 2 is 1.94 bits per heavy atom. The van der Waals surface area contributed by atoms with Gasteiger partial charge >= 0.3 is 0 Å². The van der Waals surface area contributed by atoms with Crippen molar-refractivity contribution in [3.8, 4) is 11.1 Å². The predicted octanol–water partition coefficient (Wildman–Crippen LogP) is 3.03. The number of nitrogens with two attached hydrogens (primary N) is 1. The van der Waals surface area contributed by atoms with Gasteiger partial charge in [-0.25, -0.2) is 9.97 Å². The molecule has 36 heavy (non-hydrogen) atoms. The molecule has 0 unspecified atom stereocenters. The molecular formula is C24H26BrN9O2. The van der Waals surface area contributed by atoms with Gasteiger partial charge in [-0.3, -0.25) is 14.9 Å². The summed E-state index contributed by atoms with van der Waals surface area (Å²) in [4.78, 5) is 28.5. The number of aromatic amines is 1. The minimum Gasteiger partial charge on any atom is -0.384 e. The highest BCUT2D eigenvalue weighted by Crippen LogP contribution is 2.45. The fourth-order valence-electron chi connectivity index (χ4n) is 5.56. The fourth-order valence-corrected chi connectivity index (χ4v) is 6.14. The number of pyridine rings is 1. The smallest absolute Gasteiger partial charge is 0.294 e. The predicted molar refractivity (Wildman–Crippen MR) is 135 cm³/mol. The van der Waals surface area contributed by atoms with E-state index in [0.717, 1.165) is 47.0 Å². The van der Waals surface area contributed by atoms with Crippen molar-refractivity contribution in [3.63, 3.8) is 0 Å². The van der Waals surface area contributed by atoms with Gasteiger partial charge in [0.1, 0.15) is 17.7 Å². The second kappa shape index (κ2) is 8.34. The van der Waals surface area contributed by atoms with Crippen LogP contribution in [0.1, 0.15) is 67.5 Å². The molecule has 2 fully saturated rings. The first-order chi connectivity index (χ1) is 17.2. The average molecular weight is 552 g/mol. The van der Waals surface area contributed by atoms with Crippen LogP contribution in [0.15, 0.2) is 35.3 Å². The van der Waals surface area contributed by atoms with Crippen LogP contribution < -0.4 is 5.73 Å². The molecule has 11 nitrogen and oxygen atoms in total. The Hall–Kier alpha value is -3.38. The molecule has 2 saturated heterocycles. The number of hydrogen-bond acceptors (Lipinski definition) is 8. The number of hydrogen-bond donors (Lipinski definition) is 3. The molecular weight excluding hydrogens is 526 g/mol. The number of aliphatic hydroxyl groups is 1. The fraction of sp³-hybridized carbons (Fsp3) is 0.417. The number of H-pyrrole nitrogens is 1. The van der Waals surface area contributed by atoms with Crippen LogP contribution in [0.25, 0.3) is 16.8 Å². The summed E-state index contributed by atoms with van der Waals surface area (Å²) in [5, 5.41) is 21.3. The Bertz CT molecular complexity index is 1430. The molecule has 2 aliphatic heterocycles. The summed E-state index contributed by atoms with van der Waals surface area (Å²) in [6.07, 6.45) is 8.36. The lowest BCUT2D eigenvalue weighted by molar-refractivity contribution is 0.0557. The monoisotopic (exact) mass is 551 g/mol. The van der Waals surface area contributed by atoms with Crippen LogP contribution in [0.4, 0.5) is 5.82 Å². The van der Waals surface area contributed by atoms with Crippen molar-refractivity contribution in [2.45, 2.75) is 63.1 Å². The van der Waals surface area contributed by atoms with Crippen molar-refractivity contribution in [1.29, 1.82) is 0 Å². The molecule has 2 bridgehead atoms. The van der Waals surface area contributed by atoms with Crippen LogP contribution in [0.3, 0.4) is 0 Å². The standard InChI is InChI=1S/C24H26BrN9O2/c1-24(2,36)17-6-3-12(9-27-17)16-10-30-34-20(26)18(25)19(31-22(16)34)13-7-14-4-5-15(8-13)33(14)23(35)21-28-11-29-32-21/h3,6,9-11,13-15,36H,4-5,7-8,26H2,1-2H3,(H,28,29,32)/t13-,14+,15-. The molecule has 186 valence electrons. The van der Waals surface area contributed by atoms with Crippen LogP contribution in [0.2, 0.25) is 0 Å². The van der Waals surface area contributed by atoms with Gasteiger partial charge in [0.25, 0.3) is 5.91 Å². The second-order valence-electron chi connectivity index (χ2n) is 10.1. The van der Waals surface area contributed by atoms with Crippen LogP contribution in [-0.4, -0.2) is 62.8 Å². The van der Waals surface area contributed by atoms with E-state index in [1.807, 2.05) is 11.0 Å². The molecule has 4 aromatic heterocycles. The van der Waals surface area contributed by atoms with E-state index in [1.165, 1.54) is 6.33 Å². The molecule has 0 radical (unpaired) electrons. The minimum atomic E-state index is -1.02. The number of halogens is 1. The number of anilines is 1. The number of carbonyl (C=O) groups excluding carboxylic acids is 1. The van der Waals surface area contributed by atoms with E-state index in [-0.39, 0.29) is 29.7 Å². The number of fused-ring (bicyclic) bond motifs is 3. The second-order valence-corrected chi connectivity index (χ2v) is 10.9. The zero-order valence-corrected chi connectivity index (χ0v) is 21.5. The first-order valence-electron chi connectivity index (χ1n) is 11.9. The van der Waals surface area contributed by atoms with Crippen molar-refractivity contribution in [1.82, 2.24) is 39.7 Å². The largest absolute Gasteiger partial charge is 0.384 e. The molecule has 0 saturated carbocycles. The van der Waals surface area contributed by atoms with Crippen molar-refractivity contribution < 1.29 is 9.90 Å². The minimum absolute atomic E-state index is 0.105. The van der Waals surface area contributed by atoms with E-state index < -0.39 is 5.60 Å². The number of nitrogen functional groups attached to an aromatic ring is 1. The third kappa shape index (κ3) is 3.66. The van der Waals surface area contributed by atoms with E-state index in [1.54, 1.807) is 36.8 Å². The van der Waals surface area contributed by atoms with Crippen molar-refractivity contribution >= 4 is 33.3 Å². The molecule has 6 heterocycles. The SMILES string of the molecule is CC(C)(O)c1ccc(-c2cnn3c(N)c(Br)c([C@H]4C[C@H]5CC[C@@H](C4)N5C(=O)c4nc[nH]n4)nc23)cn1. The molecule has 3 atom stereocenters. The van der Waals surface area contributed by atoms with Gasteiger partial charge in [-0.05, 0) is 61.5 Å². The van der Waals surface area contributed by atoms with Gasteiger partial charge < -0.3 is 15.7 Å². The number of amides is 1. The van der Waals surface area contributed by atoms with Gasteiger partial charge in [0.15, 0.2) is 5.65 Å². The molecule has 12 heteroatoms. The zero-order valence-electron chi connectivity index (χ0n) is 19.9. The van der Waals surface area contributed by atoms with Gasteiger partial charge in [0.2, 0.25) is 5.82 Å². The Labute approximate surface area is 215 Å². The van der Waals surface area contributed by atoms with Crippen LogP contribution in [0.5, 0.6) is 0 Å². The summed E-state index contributed by atoms with van der Waals surface area (Å²) in [7, 11) is 0. The Balaban J connectivity index is 1.34. The third-order valence-electron chi connectivity index (χ3n) is 7.31. The number of nitrogens with one attached hydrogen (secondary N) is 1. The van der Waals surface area contributed by atoms with Gasteiger partial charge in [-0.15, -0.1) is 5.10 Å². The van der Waals surface area contributed by atoms with E-state index in [0.29, 0.717) is 17.2 Å². The van der Waals surface area contributed by atoms with E-state index in [2.05, 4.69) is 41.2 Å². The average Bonchev–Trinajstić information content (AvgIpc) is 3.59. The summed E-state index contributed by atoms with van der Waals surface area (Å²) in [6, 6.07) is 3.92. The van der Waals surface area contributed by atoms with Crippen LogP contribution in [-0.2, 0) is 5.60 Å². The van der Waals surface area contributed by atoms with Crippen molar-refractivity contribution in [3.05, 3.63) is 52.5 Å². The first-order valence-corrected chi connectivity index (χ1v) is 12.7. The summed E-state index contributed by atoms with van der Waals surface area (Å²) in [5.41, 5.74) is 9.24. The summed E-state index contributed by atoms with van der Waals surface area (Å²) < 4.78 is 2.36. The highest BCUT2D eigenvalue weighted by Gasteiger charge is 2.45. The Morgan fingerprint density at radius 3 is 2.56 bits per heavy atom. The Kier molecular flexibility index (Phi) is 5.34. The molecule has 0 aliphatic carbocycles. The number of rotatable bonds is 4. The molecule has 4 N–H and O–H groups in total. The maximum absolute atomic E-state index is 13.0. The highest BCUT2D eigenvalue weighted by atomic mass is 79.9. The Morgan fingerprint density at radius 1 is 1.19 bits per heavy atom. The molecule has 1 amide bonds. The lowest BCUT2D eigenvalue weighted by Crippen LogP contribution is -2.46.